The molecule has 10 heteroatoms. The van der Waals surface area contributed by atoms with Crippen molar-refractivity contribution in [2.75, 3.05) is 13.1 Å². The van der Waals surface area contributed by atoms with Crippen LogP contribution < -0.4 is 0 Å². The van der Waals surface area contributed by atoms with Crippen LogP contribution in [0.1, 0.15) is 32.8 Å². The van der Waals surface area contributed by atoms with Gasteiger partial charge in [-0.3, -0.25) is 0 Å². The molecule has 9 nitrogen and oxygen atoms in total. The van der Waals surface area contributed by atoms with Crippen molar-refractivity contribution in [1.82, 2.24) is 25.1 Å². The minimum absolute atomic E-state index is 0.105. The molecule has 1 aliphatic heterocycles. The van der Waals surface area contributed by atoms with Gasteiger partial charge in [-0.25, -0.2) is 18.2 Å². The van der Waals surface area contributed by atoms with Gasteiger partial charge in [-0.2, -0.15) is 0 Å². The second kappa shape index (κ2) is 8.46. The minimum Gasteiger partial charge on any atom is -0.444 e. The van der Waals surface area contributed by atoms with Crippen LogP contribution in [0.4, 0.5) is 4.79 Å². The molecule has 1 N–H and O–H groups in total. The quantitative estimate of drug-likeness (QED) is 0.452. The lowest BCUT2D eigenvalue weighted by Gasteiger charge is -2.30. The Hall–Kier alpha value is -3.79. The molecule has 4 aromatic rings. The van der Waals surface area contributed by atoms with Crippen molar-refractivity contribution in [2.24, 2.45) is 0 Å². The molecule has 180 valence electrons. The number of aromatic amines is 1. The first-order valence-electron chi connectivity index (χ1n) is 11.2. The van der Waals surface area contributed by atoms with E-state index in [-0.39, 0.29) is 15.9 Å². The van der Waals surface area contributed by atoms with Gasteiger partial charge in [-0.05, 0) is 56.5 Å². The summed E-state index contributed by atoms with van der Waals surface area (Å²) in [5, 5.41) is 9.39. The maximum Gasteiger partial charge on any atom is 0.410 e. The third-order valence-electron chi connectivity index (χ3n) is 5.74. The Morgan fingerprint density at radius 1 is 1.09 bits per heavy atom. The van der Waals surface area contributed by atoms with Crippen molar-refractivity contribution in [2.45, 2.75) is 42.6 Å². The summed E-state index contributed by atoms with van der Waals surface area (Å²) in [4.78, 5) is 22.0. The predicted molar refractivity (Wildman–Crippen MR) is 131 cm³/mol. The number of H-pyrrole nitrogens is 1. The van der Waals surface area contributed by atoms with Crippen molar-refractivity contribution < 1.29 is 17.9 Å². The third kappa shape index (κ3) is 4.25. The first-order valence-corrected chi connectivity index (χ1v) is 12.7. The predicted octanol–water partition coefficient (Wildman–Crippen LogP) is 4.36. The van der Waals surface area contributed by atoms with Crippen LogP contribution in [0.3, 0.4) is 0 Å². The Kier molecular flexibility index (Phi) is 5.55. The van der Waals surface area contributed by atoms with Gasteiger partial charge >= 0.3 is 6.09 Å². The van der Waals surface area contributed by atoms with Crippen molar-refractivity contribution in [1.29, 1.82) is 0 Å². The fourth-order valence-corrected chi connectivity index (χ4v) is 5.66. The Balaban J connectivity index is 1.66. The second-order valence-corrected chi connectivity index (χ2v) is 11.3. The molecule has 35 heavy (non-hydrogen) atoms. The number of hydrogen-bond acceptors (Lipinski definition) is 7. The minimum atomic E-state index is -3.84. The number of hydrogen-bond donors (Lipinski definition) is 1. The molecule has 5 rings (SSSR count). The summed E-state index contributed by atoms with van der Waals surface area (Å²) < 4.78 is 32.6. The van der Waals surface area contributed by atoms with Crippen LogP contribution in [0, 0.1) is 0 Å². The highest BCUT2D eigenvalue weighted by molar-refractivity contribution is 7.91. The van der Waals surface area contributed by atoms with Crippen LogP contribution in [0.15, 0.2) is 64.7 Å². The number of benzene rings is 1. The zero-order valence-electron chi connectivity index (χ0n) is 19.6. The van der Waals surface area contributed by atoms with Crippen LogP contribution in [0.5, 0.6) is 0 Å². The van der Waals surface area contributed by atoms with Crippen LogP contribution in [0.2, 0.25) is 0 Å². The van der Waals surface area contributed by atoms with Crippen LogP contribution >= 0.6 is 0 Å². The number of carbonyl (C=O) groups is 1. The lowest BCUT2D eigenvalue weighted by Crippen LogP contribution is -2.39. The average Bonchev–Trinajstić information content (AvgIpc) is 3.29. The first kappa shape index (κ1) is 23.0. The standard InChI is InChI=1S/C25H25N5O4S/c1-25(2,3)34-24(31)30-13-7-8-16(15-30)18-11-12-26-22-20(18)21-19(14-27-23(21)29-28-22)35(32,33)17-9-5-4-6-10-17/h4-6,8-12,14H,7,13,15H2,1-3H3,(H,27,29). The summed E-state index contributed by atoms with van der Waals surface area (Å²) in [5.74, 6) is 0. The maximum absolute atomic E-state index is 13.5. The van der Waals surface area contributed by atoms with Crippen molar-refractivity contribution in [3.8, 4) is 0 Å². The molecule has 0 atom stereocenters. The number of nitrogens with zero attached hydrogens (tertiary/aromatic N) is 4. The van der Waals surface area contributed by atoms with Gasteiger partial charge in [0.25, 0.3) is 0 Å². The fraction of sp³-hybridized carbons (Fsp3) is 0.280. The highest BCUT2D eigenvalue weighted by Crippen LogP contribution is 2.36. The zero-order chi connectivity index (χ0) is 24.8. The van der Waals surface area contributed by atoms with E-state index in [2.05, 4.69) is 26.2 Å². The molecule has 0 spiro atoms. The Labute approximate surface area is 202 Å². The lowest BCUT2D eigenvalue weighted by atomic mass is 9.98. The molecule has 0 saturated carbocycles. The van der Waals surface area contributed by atoms with Crippen molar-refractivity contribution in [3.63, 3.8) is 0 Å². The molecule has 4 heterocycles. The van der Waals surface area contributed by atoms with Crippen LogP contribution in [-0.2, 0) is 14.6 Å². The summed E-state index contributed by atoms with van der Waals surface area (Å²) >= 11 is 0. The Morgan fingerprint density at radius 3 is 2.60 bits per heavy atom. The smallest absolute Gasteiger partial charge is 0.410 e. The Bertz CT molecular complexity index is 1570. The molecule has 0 fully saturated rings. The summed E-state index contributed by atoms with van der Waals surface area (Å²) in [6.45, 7) is 6.35. The number of aromatic nitrogens is 4. The molecule has 3 aromatic heterocycles. The number of carbonyl (C=O) groups excluding carboxylic acids is 1. The van der Waals surface area contributed by atoms with Crippen LogP contribution in [-0.4, -0.2) is 58.3 Å². The number of ether oxygens (including phenoxy) is 1. The number of rotatable bonds is 3. The Morgan fingerprint density at radius 2 is 1.86 bits per heavy atom. The first-order chi connectivity index (χ1) is 16.6. The molecule has 0 radical (unpaired) electrons. The number of nitrogens with one attached hydrogen (secondary N) is 1. The molecular formula is C25H25N5O4S. The average molecular weight is 492 g/mol. The number of pyridine rings is 1. The summed E-state index contributed by atoms with van der Waals surface area (Å²) in [5.41, 5.74) is 1.70. The van der Waals surface area contributed by atoms with E-state index in [1.54, 1.807) is 41.4 Å². The van der Waals surface area contributed by atoms with Gasteiger partial charge in [0.1, 0.15) is 5.60 Å². The van der Waals surface area contributed by atoms with Crippen molar-refractivity contribution >= 4 is 43.6 Å². The summed E-state index contributed by atoms with van der Waals surface area (Å²) in [6, 6.07) is 10.1. The van der Waals surface area contributed by atoms with Gasteiger partial charge < -0.3 is 14.6 Å². The van der Waals surface area contributed by atoms with E-state index in [1.807, 2.05) is 26.8 Å². The number of fused-ring (bicyclic) bond motifs is 3. The van der Waals surface area contributed by atoms with Gasteiger partial charge in [0.2, 0.25) is 9.84 Å². The summed E-state index contributed by atoms with van der Waals surface area (Å²) in [6.07, 6.45) is 5.37. The van der Waals surface area contributed by atoms with E-state index in [4.69, 9.17) is 4.74 Å². The van der Waals surface area contributed by atoms with Crippen LogP contribution in [0.25, 0.3) is 27.6 Å². The van der Waals surface area contributed by atoms with E-state index in [0.717, 1.165) is 11.1 Å². The normalized spacial score (nSPS) is 14.8. The highest BCUT2D eigenvalue weighted by atomic mass is 32.2. The van der Waals surface area contributed by atoms with E-state index >= 15 is 0 Å². The molecule has 0 bridgehead atoms. The number of sulfone groups is 1. The molecule has 1 amide bonds. The van der Waals surface area contributed by atoms with Gasteiger partial charge in [-0.1, -0.05) is 24.3 Å². The molecule has 1 aromatic carbocycles. The van der Waals surface area contributed by atoms with Gasteiger partial charge in [-0.15, -0.1) is 10.2 Å². The van der Waals surface area contributed by atoms with E-state index < -0.39 is 15.4 Å². The largest absolute Gasteiger partial charge is 0.444 e. The second-order valence-electron chi connectivity index (χ2n) is 9.37. The number of amides is 1. The molecule has 0 aliphatic carbocycles. The zero-order valence-corrected chi connectivity index (χ0v) is 20.5. The van der Waals surface area contributed by atoms with Gasteiger partial charge in [0.15, 0.2) is 11.3 Å². The third-order valence-corrected chi connectivity index (χ3v) is 7.53. The fourth-order valence-electron chi connectivity index (χ4n) is 4.21. The summed E-state index contributed by atoms with van der Waals surface area (Å²) in [7, 11) is -3.84. The van der Waals surface area contributed by atoms with Gasteiger partial charge in [0.05, 0.1) is 15.2 Å². The molecule has 0 saturated heterocycles. The highest BCUT2D eigenvalue weighted by Gasteiger charge is 2.28. The topological polar surface area (TPSA) is 118 Å². The lowest BCUT2D eigenvalue weighted by molar-refractivity contribution is 0.0273. The van der Waals surface area contributed by atoms with Crippen molar-refractivity contribution in [3.05, 3.63) is 60.4 Å². The van der Waals surface area contributed by atoms with E-state index in [1.165, 1.54) is 6.20 Å². The van der Waals surface area contributed by atoms with E-state index in [9.17, 15) is 13.2 Å². The van der Waals surface area contributed by atoms with E-state index in [0.29, 0.717) is 41.6 Å². The molecule has 1 aliphatic rings. The van der Waals surface area contributed by atoms with Gasteiger partial charge in [0, 0.05) is 30.9 Å². The molecule has 0 unspecified atom stereocenters. The molecular weight excluding hydrogens is 466 g/mol. The maximum atomic E-state index is 13.5. The SMILES string of the molecule is CC(C)(C)OC(=O)N1CCC=C(c2ccnc3nnc4[nH]cc(S(=O)(=O)c5ccccc5)c4c23)C1. The monoisotopic (exact) mass is 491 g/mol.